The largest absolute Gasteiger partial charge is 0.486 e. The molecule has 0 N–H and O–H groups in total. The molecule has 4 nitrogen and oxygen atoms in total. The zero-order chi connectivity index (χ0) is 15.6. The molecule has 0 aliphatic heterocycles. The van der Waals surface area contributed by atoms with E-state index in [1.165, 1.54) is 0 Å². The second-order valence-electron chi connectivity index (χ2n) is 4.02. The van der Waals surface area contributed by atoms with Gasteiger partial charge in [-0.3, -0.25) is 10.1 Å². The minimum atomic E-state index is -1.17. The van der Waals surface area contributed by atoms with Gasteiger partial charge in [0.05, 0.1) is 11.0 Å². The van der Waals surface area contributed by atoms with Gasteiger partial charge in [-0.2, -0.15) is 4.39 Å². The molecule has 0 heterocycles. The molecule has 2 aromatic carbocycles. The van der Waals surface area contributed by atoms with Gasteiger partial charge in [-0.15, -0.1) is 0 Å². The van der Waals surface area contributed by atoms with Crippen LogP contribution in [0.1, 0.15) is 5.56 Å². The van der Waals surface area contributed by atoms with Gasteiger partial charge in [0.1, 0.15) is 6.61 Å². The van der Waals surface area contributed by atoms with Crippen LogP contribution in [-0.4, -0.2) is 4.92 Å². The lowest BCUT2D eigenvalue weighted by Crippen LogP contribution is -2.01. The normalized spacial score (nSPS) is 10.5. The van der Waals surface area contributed by atoms with Crippen LogP contribution in [0, 0.1) is 21.7 Å². The van der Waals surface area contributed by atoms with Crippen molar-refractivity contribution in [2.24, 2.45) is 0 Å². The second kappa shape index (κ2) is 6.36. The van der Waals surface area contributed by atoms with Crippen molar-refractivity contribution in [1.29, 1.82) is 0 Å². The van der Waals surface area contributed by atoms with Gasteiger partial charge >= 0.3 is 5.69 Å². The van der Waals surface area contributed by atoms with Crippen LogP contribution in [0.3, 0.4) is 0 Å². The predicted octanol–water partition coefficient (Wildman–Crippen LogP) is 4.87. The van der Waals surface area contributed by atoms with Crippen LogP contribution in [0.5, 0.6) is 5.75 Å². The zero-order valence-corrected chi connectivity index (χ0v) is 12.6. The number of halogens is 4. The van der Waals surface area contributed by atoms with Crippen LogP contribution in [0.15, 0.2) is 34.8 Å². The van der Waals surface area contributed by atoms with Crippen LogP contribution in [0.4, 0.5) is 14.5 Å². The van der Waals surface area contributed by atoms with Gasteiger partial charge in [0.25, 0.3) is 0 Å². The summed E-state index contributed by atoms with van der Waals surface area (Å²) in [5.41, 5.74) is -0.375. The van der Waals surface area contributed by atoms with Crippen molar-refractivity contribution in [3.8, 4) is 5.75 Å². The van der Waals surface area contributed by atoms with Crippen molar-refractivity contribution >= 4 is 33.2 Å². The molecule has 0 atom stereocenters. The molecule has 0 amide bonds. The fourth-order valence-electron chi connectivity index (χ4n) is 1.56. The molecule has 0 aliphatic carbocycles. The maximum Gasteiger partial charge on any atom is 0.307 e. The molecule has 110 valence electrons. The summed E-state index contributed by atoms with van der Waals surface area (Å²) in [7, 11) is 0. The SMILES string of the molecule is O=[N+]([O-])c1cc(F)c(OCc2ccc(Br)cc2Cl)cc1F. The van der Waals surface area contributed by atoms with Crippen LogP contribution >= 0.6 is 27.5 Å². The van der Waals surface area contributed by atoms with Gasteiger partial charge in [-0.1, -0.05) is 33.6 Å². The molecular weight excluding hydrogens is 372 g/mol. The highest BCUT2D eigenvalue weighted by Crippen LogP contribution is 2.28. The summed E-state index contributed by atoms with van der Waals surface area (Å²) in [5.74, 6) is -2.60. The standard InChI is InChI=1S/C13H7BrClF2NO3/c14-8-2-1-7(9(15)3-8)6-21-13-5-10(16)12(18(19)20)4-11(13)17/h1-5H,6H2. The molecular formula is C13H7BrClF2NO3. The van der Waals surface area contributed by atoms with Crippen LogP contribution in [0.25, 0.3) is 0 Å². The van der Waals surface area contributed by atoms with Crippen LogP contribution < -0.4 is 4.74 Å². The number of ether oxygens (including phenoxy) is 1. The van der Waals surface area contributed by atoms with Crippen LogP contribution in [-0.2, 0) is 6.61 Å². The van der Waals surface area contributed by atoms with Gasteiger partial charge < -0.3 is 4.74 Å². The molecule has 0 saturated heterocycles. The molecule has 2 aromatic rings. The van der Waals surface area contributed by atoms with Gasteiger partial charge in [0.15, 0.2) is 11.6 Å². The first kappa shape index (κ1) is 15.7. The average molecular weight is 379 g/mol. The maximum absolute atomic E-state index is 13.6. The molecule has 0 radical (unpaired) electrons. The van der Waals surface area contributed by atoms with E-state index in [4.69, 9.17) is 16.3 Å². The first-order chi connectivity index (χ1) is 9.88. The third-order valence-electron chi connectivity index (χ3n) is 2.60. The Hall–Kier alpha value is -1.73. The molecule has 0 spiro atoms. The summed E-state index contributed by atoms with van der Waals surface area (Å²) in [6, 6.07) is 6.13. The Morgan fingerprint density at radius 2 is 1.95 bits per heavy atom. The number of hydrogen-bond acceptors (Lipinski definition) is 3. The second-order valence-corrected chi connectivity index (χ2v) is 5.34. The van der Waals surface area contributed by atoms with Crippen molar-refractivity contribution < 1.29 is 18.4 Å². The molecule has 0 fully saturated rings. The Bertz CT molecular complexity index is 712. The number of nitro groups is 1. The average Bonchev–Trinajstić information content (AvgIpc) is 2.40. The van der Waals surface area contributed by atoms with E-state index in [0.717, 1.165) is 4.47 Å². The van der Waals surface area contributed by atoms with E-state index in [0.29, 0.717) is 22.7 Å². The summed E-state index contributed by atoms with van der Waals surface area (Å²) in [5, 5.41) is 10.9. The number of hydrogen-bond donors (Lipinski definition) is 0. The van der Waals surface area contributed by atoms with Crippen LogP contribution in [0.2, 0.25) is 5.02 Å². The van der Waals surface area contributed by atoms with E-state index in [9.17, 15) is 18.9 Å². The molecule has 8 heteroatoms. The molecule has 2 rings (SSSR count). The number of nitro benzene ring substituents is 1. The minimum Gasteiger partial charge on any atom is -0.486 e. The van der Waals surface area contributed by atoms with E-state index >= 15 is 0 Å². The van der Waals surface area contributed by atoms with E-state index in [1.54, 1.807) is 18.2 Å². The fourth-order valence-corrected chi connectivity index (χ4v) is 2.29. The highest BCUT2D eigenvalue weighted by atomic mass is 79.9. The van der Waals surface area contributed by atoms with E-state index in [-0.39, 0.29) is 6.61 Å². The molecule has 0 unspecified atom stereocenters. The molecule has 0 aliphatic rings. The summed E-state index contributed by atoms with van der Waals surface area (Å²) >= 11 is 9.20. The summed E-state index contributed by atoms with van der Waals surface area (Å²) in [6.45, 7) is -0.0969. The molecule has 0 saturated carbocycles. The third kappa shape index (κ3) is 3.68. The molecule has 0 aromatic heterocycles. The van der Waals surface area contributed by atoms with Crippen molar-refractivity contribution in [3.05, 3.63) is 67.1 Å². The Balaban J connectivity index is 2.20. The Morgan fingerprint density at radius 3 is 2.57 bits per heavy atom. The van der Waals surface area contributed by atoms with Gasteiger partial charge in [-0.25, -0.2) is 4.39 Å². The Morgan fingerprint density at radius 1 is 1.24 bits per heavy atom. The monoisotopic (exact) mass is 377 g/mol. The Kier molecular flexibility index (Phi) is 4.74. The van der Waals surface area contributed by atoms with Gasteiger partial charge in [0.2, 0.25) is 5.82 Å². The van der Waals surface area contributed by atoms with E-state index in [2.05, 4.69) is 15.9 Å². The number of nitrogens with zero attached hydrogens (tertiary/aromatic N) is 1. The van der Waals surface area contributed by atoms with Crippen molar-refractivity contribution in [2.45, 2.75) is 6.61 Å². The van der Waals surface area contributed by atoms with Crippen molar-refractivity contribution in [3.63, 3.8) is 0 Å². The van der Waals surface area contributed by atoms with Gasteiger partial charge in [0, 0.05) is 21.1 Å². The highest BCUT2D eigenvalue weighted by molar-refractivity contribution is 9.10. The fraction of sp³-hybridized carbons (Fsp3) is 0.0769. The first-order valence-corrected chi connectivity index (χ1v) is 6.75. The maximum atomic E-state index is 13.6. The predicted molar refractivity (Wildman–Crippen MR) is 76.5 cm³/mol. The lowest BCUT2D eigenvalue weighted by molar-refractivity contribution is -0.387. The zero-order valence-electron chi connectivity index (χ0n) is 10.3. The highest BCUT2D eigenvalue weighted by Gasteiger charge is 2.19. The quantitative estimate of drug-likeness (QED) is 0.563. The molecule has 21 heavy (non-hydrogen) atoms. The number of benzene rings is 2. The Labute approximate surface area is 131 Å². The summed E-state index contributed by atoms with van der Waals surface area (Å²) in [4.78, 5) is 9.47. The smallest absolute Gasteiger partial charge is 0.307 e. The summed E-state index contributed by atoms with van der Waals surface area (Å²) < 4.78 is 32.9. The van der Waals surface area contributed by atoms with Crippen molar-refractivity contribution in [2.75, 3.05) is 0 Å². The summed E-state index contributed by atoms with van der Waals surface area (Å²) in [6.07, 6.45) is 0. The lowest BCUT2D eigenvalue weighted by Gasteiger charge is -2.09. The van der Waals surface area contributed by atoms with E-state index in [1.807, 2.05) is 0 Å². The minimum absolute atomic E-state index is 0.0969. The van der Waals surface area contributed by atoms with Gasteiger partial charge in [-0.05, 0) is 12.1 Å². The van der Waals surface area contributed by atoms with Crippen molar-refractivity contribution in [1.82, 2.24) is 0 Å². The first-order valence-electron chi connectivity index (χ1n) is 5.58. The lowest BCUT2D eigenvalue weighted by atomic mass is 10.2. The van der Waals surface area contributed by atoms with E-state index < -0.39 is 28.0 Å². The topological polar surface area (TPSA) is 52.4 Å². The molecule has 0 bridgehead atoms. The third-order valence-corrected chi connectivity index (χ3v) is 3.44. The number of rotatable bonds is 4.